The van der Waals surface area contributed by atoms with E-state index in [9.17, 15) is 0 Å². The first-order valence-electron chi connectivity index (χ1n) is 9.28. The molecule has 1 aliphatic rings. The van der Waals surface area contributed by atoms with E-state index >= 15 is 0 Å². The van der Waals surface area contributed by atoms with Gasteiger partial charge < -0.3 is 0 Å². The number of rotatable bonds is 6. The fraction of sp³-hybridized carbons (Fsp3) is 1.00. The molecule has 0 heteroatoms. The van der Waals surface area contributed by atoms with Crippen LogP contribution in [0.15, 0.2) is 0 Å². The lowest BCUT2D eigenvalue weighted by Gasteiger charge is -2.45. The van der Waals surface area contributed by atoms with E-state index in [-0.39, 0.29) is 0 Å². The van der Waals surface area contributed by atoms with Gasteiger partial charge in [-0.05, 0) is 36.0 Å². The molecule has 0 amide bonds. The fourth-order valence-electron chi connectivity index (χ4n) is 4.28. The lowest BCUT2D eigenvalue weighted by molar-refractivity contribution is 0.0582. The quantitative estimate of drug-likeness (QED) is 0.440. The smallest absolute Gasteiger partial charge is 0.0321 e. The Morgan fingerprint density at radius 1 is 0.800 bits per heavy atom. The van der Waals surface area contributed by atoms with E-state index in [0.717, 1.165) is 5.92 Å². The Bertz CT molecular complexity index is 222. The molecule has 1 fully saturated rings. The lowest BCUT2D eigenvalue weighted by Crippen LogP contribution is -2.34. The number of hydrogen-bond acceptors (Lipinski definition) is 0. The van der Waals surface area contributed by atoms with Crippen LogP contribution in [0.2, 0.25) is 0 Å². The third-order valence-electron chi connectivity index (χ3n) is 4.96. The second-order valence-corrected chi connectivity index (χ2v) is 8.43. The van der Waals surface area contributed by atoms with Crippen LogP contribution in [-0.2, 0) is 0 Å². The molecule has 0 aromatic heterocycles. The third kappa shape index (κ3) is 9.03. The maximum Gasteiger partial charge on any atom is -0.0321 e. The van der Waals surface area contributed by atoms with Crippen LogP contribution in [-0.4, -0.2) is 0 Å². The van der Waals surface area contributed by atoms with Crippen molar-refractivity contribution in [3.05, 3.63) is 0 Å². The van der Waals surface area contributed by atoms with Gasteiger partial charge in [0.2, 0.25) is 0 Å². The molecule has 2 atom stereocenters. The minimum Gasteiger partial charge on any atom is -0.0654 e. The molecule has 0 aliphatic heterocycles. The third-order valence-corrected chi connectivity index (χ3v) is 4.96. The summed E-state index contributed by atoms with van der Waals surface area (Å²) in [4.78, 5) is 0. The van der Waals surface area contributed by atoms with Crippen LogP contribution in [0.4, 0.5) is 0 Å². The van der Waals surface area contributed by atoms with Crippen molar-refractivity contribution in [2.75, 3.05) is 0 Å². The number of unbranched alkanes of at least 4 members (excludes halogenated alkanes) is 5. The van der Waals surface area contributed by atoms with E-state index in [2.05, 4.69) is 48.5 Å². The normalized spacial score (nSPS) is 28.6. The minimum atomic E-state index is 0.586. The van der Waals surface area contributed by atoms with Crippen molar-refractivity contribution < 1.29 is 0 Å². The Morgan fingerprint density at radius 2 is 1.30 bits per heavy atom. The summed E-state index contributed by atoms with van der Waals surface area (Å²) in [5.74, 6) is 0.929. The molecule has 122 valence electrons. The Kier molecular flexibility index (Phi) is 9.85. The molecule has 0 heterocycles. The molecule has 0 nitrogen and oxygen atoms in total. The zero-order valence-corrected chi connectivity index (χ0v) is 15.6. The molecule has 1 rings (SSSR count). The highest BCUT2D eigenvalue weighted by atomic mass is 14.4. The van der Waals surface area contributed by atoms with Crippen molar-refractivity contribution >= 4 is 0 Å². The van der Waals surface area contributed by atoms with Crippen molar-refractivity contribution in [2.45, 2.75) is 113 Å². The van der Waals surface area contributed by atoms with Gasteiger partial charge in [0.15, 0.2) is 0 Å². The maximum atomic E-state index is 2.46. The van der Waals surface area contributed by atoms with Gasteiger partial charge in [-0.25, -0.2) is 0 Å². The molecular formula is C20H42. The zero-order chi connectivity index (χ0) is 15.6. The van der Waals surface area contributed by atoms with E-state index in [1.807, 2.05) is 0 Å². The van der Waals surface area contributed by atoms with Gasteiger partial charge in [0.1, 0.15) is 0 Å². The molecule has 20 heavy (non-hydrogen) atoms. The molecule has 0 radical (unpaired) electrons. The first-order chi connectivity index (χ1) is 9.28. The van der Waals surface area contributed by atoms with Crippen molar-refractivity contribution in [3.63, 3.8) is 0 Å². The fourth-order valence-corrected chi connectivity index (χ4v) is 4.28. The summed E-state index contributed by atoms with van der Waals surface area (Å²) in [6, 6.07) is 0. The Hall–Kier alpha value is 0. The Balaban J connectivity index is 0.000000396. The first kappa shape index (κ1) is 20.0. The second kappa shape index (κ2) is 9.85. The highest BCUT2D eigenvalue weighted by Gasteiger charge is 2.38. The Morgan fingerprint density at radius 3 is 1.65 bits per heavy atom. The van der Waals surface area contributed by atoms with Crippen LogP contribution in [0.25, 0.3) is 0 Å². The topological polar surface area (TPSA) is 0 Å². The largest absolute Gasteiger partial charge is 0.0654 e. The van der Waals surface area contributed by atoms with Gasteiger partial charge in [-0.15, -0.1) is 0 Å². The molecule has 0 aromatic rings. The van der Waals surface area contributed by atoms with E-state index in [1.165, 1.54) is 64.2 Å². The van der Waals surface area contributed by atoms with Crippen molar-refractivity contribution in [3.8, 4) is 0 Å². The number of hydrogen-bond donors (Lipinski definition) is 0. The molecule has 1 saturated carbocycles. The van der Waals surface area contributed by atoms with Crippen molar-refractivity contribution in [2.24, 2.45) is 16.7 Å². The molecule has 1 aliphatic carbocycles. The molecule has 0 saturated heterocycles. The van der Waals surface area contributed by atoms with Gasteiger partial charge in [-0.3, -0.25) is 0 Å². The Labute approximate surface area is 130 Å². The molecular weight excluding hydrogens is 240 g/mol. The van der Waals surface area contributed by atoms with Gasteiger partial charge in [-0.1, -0.05) is 93.4 Å². The predicted octanol–water partition coefficient (Wildman–Crippen LogP) is 7.62. The SMILES string of the molecule is CCC1(C)C[C@H](C)CC(C)(C)C1.CCCCCCCC. The second-order valence-electron chi connectivity index (χ2n) is 8.43. The summed E-state index contributed by atoms with van der Waals surface area (Å²) >= 11 is 0. The van der Waals surface area contributed by atoms with Gasteiger partial charge in [0.05, 0.1) is 0 Å². The molecule has 1 unspecified atom stereocenters. The summed E-state index contributed by atoms with van der Waals surface area (Å²) in [5.41, 5.74) is 1.21. The highest BCUT2D eigenvalue weighted by molar-refractivity contribution is 4.89. The van der Waals surface area contributed by atoms with Gasteiger partial charge in [-0.2, -0.15) is 0 Å². The molecule has 0 bridgehead atoms. The minimum absolute atomic E-state index is 0.586. The van der Waals surface area contributed by atoms with Crippen LogP contribution in [0.3, 0.4) is 0 Å². The van der Waals surface area contributed by atoms with Crippen LogP contribution >= 0.6 is 0 Å². The zero-order valence-electron chi connectivity index (χ0n) is 15.6. The standard InChI is InChI=1S/C12H24.C8H18/c1-6-12(5)8-10(2)7-11(3,4)9-12;1-3-5-7-8-6-4-2/h10H,6-9H2,1-5H3;3-8H2,1-2H3/t10-,12?;/m1./s1. The predicted molar refractivity (Wildman–Crippen MR) is 94.2 cm³/mol. The van der Waals surface area contributed by atoms with E-state index in [0.29, 0.717) is 10.8 Å². The van der Waals surface area contributed by atoms with Gasteiger partial charge >= 0.3 is 0 Å². The van der Waals surface area contributed by atoms with Crippen LogP contribution in [0, 0.1) is 16.7 Å². The van der Waals surface area contributed by atoms with Crippen LogP contribution in [0.5, 0.6) is 0 Å². The monoisotopic (exact) mass is 282 g/mol. The van der Waals surface area contributed by atoms with Gasteiger partial charge in [0, 0.05) is 0 Å². The maximum absolute atomic E-state index is 2.46. The van der Waals surface area contributed by atoms with Crippen molar-refractivity contribution in [1.82, 2.24) is 0 Å². The summed E-state index contributed by atoms with van der Waals surface area (Å²) in [6.07, 6.45) is 14.1. The van der Waals surface area contributed by atoms with Gasteiger partial charge in [0.25, 0.3) is 0 Å². The van der Waals surface area contributed by atoms with E-state index in [4.69, 9.17) is 0 Å². The van der Waals surface area contributed by atoms with Crippen molar-refractivity contribution in [1.29, 1.82) is 0 Å². The van der Waals surface area contributed by atoms with Crippen LogP contribution in [0.1, 0.15) is 113 Å². The van der Waals surface area contributed by atoms with Crippen LogP contribution < -0.4 is 0 Å². The molecule has 0 aromatic carbocycles. The van der Waals surface area contributed by atoms with E-state index < -0.39 is 0 Å². The summed E-state index contributed by atoms with van der Waals surface area (Å²) in [6.45, 7) is 16.6. The molecule has 0 spiro atoms. The molecule has 0 N–H and O–H groups in total. The average molecular weight is 283 g/mol. The summed E-state index contributed by atoms with van der Waals surface area (Å²) < 4.78 is 0. The summed E-state index contributed by atoms with van der Waals surface area (Å²) in [5, 5.41) is 0. The van der Waals surface area contributed by atoms with E-state index in [1.54, 1.807) is 0 Å². The summed E-state index contributed by atoms with van der Waals surface area (Å²) in [7, 11) is 0. The lowest BCUT2D eigenvalue weighted by atomic mass is 9.60. The first-order valence-corrected chi connectivity index (χ1v) is 9.28. The highest BCUT2D eigenvalue weighted by Crippen LogP contribution is 2.49. The average Bonchev–Trinajstić information content (AvgIpc) is 2.33.